The third kappa shape index (κ3) is 4.87. The van der Waals surface area contributed by atoms with Crippen LogP contribution in [0, 0.1) is 0 Å². The molecule has 0 aliphatic heterocycles. The first-order chi connectivity index (χ1) is 5.57. The molecule has 4 nitrogen and oxygen atoms in total. The number of aliphatic carboxylic acids is 1. The van der Waals surface area contributed by atoms with Gasteiger partial charge >= 0.3 is 5.97 Å². The van der Waals surface area contributed by atoms with Crippen LogP contribution in [-0.4, -0.2) is 34.0 Å². The molecule has 0 spiro atoms. The summed E-state index contributed by atoms with van der Waals surface area (Å²) < 4.78 is 0. The van der Waals surface area contributed by atoms with Gasteiger partial charge in [0.2, 0.25) is 0 Å². The van der Waals surface area contributed by atoms with Gasteiger partial charge in [0.25, 0.3) is 0 Å². The fourth-order valence-electron chi connectivity index (χ4n) is 0.671. The maximum atomic E-state index is 10.3. The third-order valence-corrected chi connectivity index (χ3v) is 1.50. The second-order valence-corrected chi connectivity index (χ2v) is 2.61. The summed E-state index contributed by atoms with van der Waals surface area (Å²) in [7, 11) is 0. The molecule has 0 fully saturated rings. The van der Waals surface area contributed by atoms with E-state index < -0.39 is 12.1 Å². The smallest absolute Gasteiger partial charge is 0.330 e. The van der Waals surface area contributed by atoms with Crippen LogP contribution in [-0.2, 0) is 4.79 Å². The van der Waals surface area contributed by atoms with E-state index in [1.807, 2.05) is 0 Å². The molecule has 1 unspecified atom stereocenters. The fourth-order valence-corrected chi connectivity index (χ4v) is 0.671. The van der Waals surface area contributed by atoms with Gasteiger partial charge in [-0.3, -0.25) is 0 Å². The molecular weight excluding hydrogens is 160 g/mol. The first-order valence-electron chi connectivity index (χ1n) is 3.77. The number of allylic oxidation sites excluding steroid dienone is 1. The van der Waals surface area contributed by atoms with Crippen LogP contribution in [0.5, 0.6) is 0 Å². The Hall–Kier alpha value is -0.870. The Morgan fingerprint density at radius 1 is 1.58 bits per heavy atom. The van der Waals surface area contributed by atoms with Gasteiger partial charge < -0.3 is 15.3 Å². The number of carboxylic acids is 1. The summed E-state index contributed by atoms with van der Waals surface area (Å²) in [5.74, 6) is -0.950. The van der Waals surface area contributed by atoms with Gasteiger partial charge in [0, 0.05) is 5.57 Å². The van der Waals surface area contributed by atoms with Crippen molar-refractivity contribution >= 4 is 5.97 Å². The van der Waals surface area contributed by atoms with Crippen LogP contribution in [0.4, 0.5) is 0 Å². The van der Waals surface area contributed by atoms with Gasteiger partial charge in [-0.05, 0) is 19.8 Å². The molecule has 1 atom stereocenters. The summed E-state index contributed by atoms with van der Waals surface area (Å²) in [6.07, 6.45) is 1.64. The molecule has 0 bridgehead atoms. The molecule has 0 saturated heterocycles. The molecule has 0 aromatic heterocycles. The molecule has 0 aliphatic carbocycles. The molecule has 12 heavy (non-hydrogen) atoms. The maximum absolute atomic E-state index is 10.3. The molecule has 3 N–H and O–H groups in total. The predicted molar refractivity (Wildman–Crippen MR) is 43.7 cm³/mol. The molecule has 70 valence electrons. The van der Waals surface area contributed by atoms with Crippen molar-refractivity contribution in [3.05, 3.63) is 11.6 Å². The van der Waals surface area contributed by atoms with Crippen LogP contribution < -0.4 is 0 Å². The zero-order valence-electron chi connectivity index (χ0n) is 7.03. The van der Waals surface area contributed by atoms with E-state index in [0.717, 1.165) is 0 Å². The number of hydrogen-bond donors (Lipinski definition) is 3. The van der Waals surface area contributed by atoms with E-state index >= 15 is 0 Å². The van der Waals surface area contributed by atoms with Crippen LogP contribution in [0.15, 0.2) is 11.6 Å². The average molecular weight is 174 g/mol. The fraction of sp³-hybridized carbons (Fsp3) is 0.625. The summed E-state index contributed by atoms with van der Waals surface area (Å²) in [4.78, 5) is 10.3. The Morgan fingerprint density at radius 2 is 2.17 bits per heavy atom. The lowest BCUT2D eigenvalue weighted by atomic mass is 10.1. The van der Waals surface area contributed by atoms with Crippen molar-refractivity contribution in [3.63, 3.8) is 0 Å². The second kappa shape index (κ2) is 5.74. The van der Waals surface area contributed by atoms with Crippen LogP contribution in [0.25, 0.3) is 0 Å². The first-order valence-corrected chi connectivity index (χ1v) is 3.77. The molecule has 0 aromatic carbocycles. The molecule has 0 aliphatic rings. The molecule has 0 aromatic rings. The molecule has 0 amide bonds. The number of rotatable bonds is 5. The predicted octanol–water partition coefficient (Wildman–Crippen LogP) is 0.151. The molecule has 0 radical (unpaired) electrons. The lowest BCUT2D eigenvalue weighted by Crippen LogP contribution is -2.10. The maximum Gasteiger partial charge on any atom is 0.330 e. The number of hydrogen-bond acceptors (Lipinski definition) is 3. The van der Waals surface area contributed by atoms with E-state index in [0.29, 0.717) is 12.8 Å². The van der Waals surface area contributed by atoms with Crippen molar-refractivity contribution < 1.29 is 20.1 Å². The minimum atomic E-state index is -0.950. The number of aliphatic hydroxyl groups excluding tert-OH is 2. The standard InChI is InChI=1S/C8H14O4/c1-6(8(11)12)3-2-4-7(10)5-9/h3,7,9-10H,2,4-5H2,1H3,(H,11,12)/b6-3+. The van der Waals surface area contributed by atoms with Crippen LogP contribution >= 0.6 is 0 Å². The number of carboxylic acid groups (broad SMARTS) is 1. The van der Waals surface area contributed by atoms with E-state index in [1.54, 1.807) is 0 Å². The Balaban J connectivity index is 3.67. The number of aliphatic hydroxyl groups is 2. The Kier molecular flexibility index (Phi) is 5.32. The highest BCUT2D eigenvalue weighted by molar-refractivity contribution is 5.85. The van der Waals surface area contributed by atoms with E-state index in [1.165, 1.54) is 13.0 Å². The van der Waals surface area contributed by atoms with E-state index in [-0.39, 0.29) is 12.2 Å². The van der Waals surface area contributed by atoms with E-state index in [2.05, 4.69) is 0 Å². The molecule has 0 saturated carbocycles. The van der Waals surface area contributed by atoms with Gasteiger partial charge in [-0.15, -0.1) is 0 Å². The minimum Gasteiger partial charge on any atom is -0.478 e. The monoisotopic (exact) mass is 174 g/mol. The summed E-state index contributed by atoms with van der Waals surface area (Å²) in [5.41, 5.74) is 0.264. The summed E-state index contributed by atoms with van der Waals surface area (Å²) >= 11 is 0. The van der Waals surface area contributed by atoms with Crippen molar-refractivity contribution in [3.8, 4) is 0 Å². The Morgan fingerprint density at radius 3 is 2.58 bits per heavy atom. The summed E-state index contributed by atoms with van der Waals surface area (Å²) in [6.45, 7) is 1.22. The second-order valence-electron chi connectivity index (χ2n) is 2.61. The molecule has 0 rings (SSSR count). The quantitative estimate of drug-likeness (QED) is 0.518. The van der Waals surface area contributed by atoms with Gasteiger partial charge in [0.1, 0.15) is 0 Å². The van der Waals surface area contributed by atoms with E-state index in [4.69, 9.17) is 15.3 Å². The topological polar surface area (TPSA) is 77.8 Å². The van der Waals surface area contributed by atoms with Gasteiger partial charge in [-0.2, -0.15) is 0 Å². The SMILES string of the molecule is C/C(=C\CCC(O)CO)C(=O)O. The van der Waals surface area contributed by atoms with Crippen LogP contribution in [0.3, 0.4) is 0 Å². The van der Waals surface area contributed by atoms with Crippen LogP contribution in [0.1, 0.15) is 19.8 Å². The Bertz CT molecular complexity index is 174. The normalized spacial score (nSPS) is 14.4. The molecule has 0 heterocycles. The van der Waals surface area contributed by atoms with Crippen molar-refractivity contribution in [1.29, 1.82) is 0 Å². The van der Waals surface area contributed by atoms with Gasteiger partial charge in [0.05, 0.1) is 12.7 Å². The zero-order valence-corrected chi connectivity index (χ0v) is 7.03. The van der Waals surface area contributed by atoms with Crippen molar-refractivity contribution in [2.75, 3.05) is 6.61 Å². The van der Waals surface area contributed by atoms with Gasteiger partial charge in [0.15, 0.2) is 0 Å². The third-order valence-electron chi connectivity index (χ3n) is 1.50. The largest absolute Gasteiger partial charge is 0.478 e. The average Bonchev–Trinajstić information content (AvgIpc) is 2.03. The van der Waals surface area contributed by atoms with Crippen molar-refractivity contribution in [2.45, 2.75) is 25.9 Å². The van der Waals surface area contributed by atoms with Gasteiger partial charge in [-0.1, -0.05) is 6.08 Å². The minimum absolute atomic E-state index is 0.264. The Labute approximate surface area is 71.1 Å². The number of carbonyl (C=O) groups is 1. The van der Waals surface area contributed by atoms with Gasteiger partial charge in [-0.25, -0.2) is 4.79 Å². The highest BCUT2D eigenvalue weighted by atomic mass is 16.4. The lowest BCUT2D eigenvalue weighted by molar-refractivity contribution is -0.132. The van der Waals surface area contributed by atoms with Crippen LogP contribution in [0.2, 0.25) is 0 Å². The molecule has 4 heteroatoms. The van der Waals surface area contributed by atoms with Crippen molar-refractivity contribution in [1.82, 2.24) is 0 Å². The highest BCUT2D eigenvalue weighted by Crippen LogP contribution is 2.01. The summed E-state index contributed by atoms with van der Waals surface area (Å²) in [5, 5.41) is 25.7. The van der Waals surface area contributed by atoms with Crippen molar-refractivity contribution in [2.24, 2.45) is 0 Å². The first kappa shape index (κ1) is 11.1. The lowest BCUT2D eigenvalue weighted by Gasteiger charge is -2.03. The molecular formula is C8H14O4. The highest BCUT2D eigenvalue weighted by Gasteiger charge is 2.01. The zero-order chi connectivity index (χ0) is 9.56. The van der Waals surface area contributed by atoms with E-state index in [9.17, 15) is 4.79 Å². The summed E-state index contributed by atoms with van der Waals surface area (Å²) in [6, 6.07) is 0.